The van der Waals surface area contributed by atoms with Crippen LogP contribution in [0, 0.1) is 0 Å². The molecule has 0 spiro atoms. The summed E-state index contributed by atoms with van der Waals surface area (Å²) in [5.74, 6) is -0.303. The first-order valence-electron chi connectivity index (χ1n) is 7.85. The van der Waals surface area contributed by atoms with Crippen LogP contribution in [0.1, 0.15) is 16.1 Å². The molecule has 0 bridgehead atoms. The molecule has 0 fully saturated rings. The lowest BCUT2D eigenvalue weighted by Gasteiger charge is -2.07. The third-order valence-corrected chi connectivity index (χ3v) is 5.33. The van der Waals surface area contributed by atoms with Crippen molar-refractivity contribution in [2.24, 2.45) is 7.05 Å². The van der Waals surface area contributed by atoms with E-state index >= 15 is 0 Å². The molecule has 0 aliphatic heterocycles. The van der Waals surface area contributed by atoms with Gasteiger partial charge < -0.3 is 15.2 Å². The molecule has 9 heteroatoms. The van der Waals surface area contributed by atoms with E-state index in [4.69, 9.17) is 0 Å². The summed E-state index contributed by atoms with van der Waals surface area (Å²) in [6.07, 6.45) is 1.86. The van der Waals surface area contributed by atoms with E-state index in [0.717, 1.165) is 10.1 Å². The first kappa shape index (κ1) is 18.2. The number of carbonyl (C=O) groups excluding carboxylic acids is 2. The van der Waals surface area contributed by atoms with Gasteiger partial charge in [0.1, 0.15) is 6.33 Å². The maximum atomic E-state index is 12.0. The maximum Gasteiger partial charge on any atom is 0.261 e. The molecule has 0 aliphatic carbocycles. The van der Waals surface area contributed by atoms with E-state index in [1.165, 1.54) is 23.1 Å². The minimum absolute atomic E-state index is 0.148. The normalized spacial score (nSPS) is 10.5. The topological polar surface area (TPSA) is 88.9 Å². The largest absolute Gasteiger partial charge is 0.351 e. The fourth-order valence-corrected chi connectivity index (χ4v) is 3.49. The highest BCUT2D eigenvalue weighted by Crippen LogP contribution is 2.26. The summed E-state index contributed by atoms with van der Waals surface area (Å²) in [6, 6.07) is 11.1. The number of nitrogens with zero attached hydrogens (tertiary/aromatic N) is 3. The summed E-state index contributed by atoms with van der Waals surface area (Å²) in [7, 11) is 1.88. The molecule has 0 saturated carbocycles. The second kappa shape index (κ2) is 8.63. The molecule has 2 amide bonds. The van der Waals surface area contributed by atoms with Gasteiger partial charge in [-0.15, -0.1) is 21.5 Å². The van der Waals surface area contributed by atoms with Crippen molar-refractivity contribution in [3.8, 4) is 0 Å². The van der Waals surface area contributed by atoms with Gasteiger partial charge in [0.15, 0.2) is 5.16 Å². The monoisotopic (exact) mass is 387 g/mol. The summed E-state index contributed by atoms with van der Waals surface area (Å²) < 4.78 is 1.84. The minimum atomic E-state index is -0.155. The smallest absolute Gasteiger partial charge is 0.261 e. The summed E-state index contributed by atoms with van der Waals surface area (Å²) in [6.45, 7) is 0.294. The van der Waals surface area contributed by atoms with Crippen molar-refractivity contribution < 1.29 is 9.59 Å². The van der Waals surface area contributed by atoms with Crippen LogP contribution in [-0.2, 0) is 11.8 Å². The molecule has 2 N–H and O–H groups in total. The average Bonchev–Trinajstić information content (AvgIpc) is 3.29. The Labute approximate surface area is 158 Å². The molecule has 7 nitrogen and oxygen atoms in total. The number of thiophene rings is 1. The van der Waals surface area contributed by atoms with Gasteiger partial charge in [-0.05, 0) is 47.5 Å². The Bertz CT molecular complexity index is 875. The van der Waals surface area contributed by atoms with Crippen LogP contribution in [0.25, 0.3) is 0 Å². The molecule has 1 aromatic carbocycles. The highest BCUT2D eigenvalue weighted by molar-refractivity contribution is 7.99. The molecule has 134 valence electrons. The van der Waals surface area contributed by atoms with Gasteiger partial charge in [-0.2, -0.15) is 0 Å². The highest BCUT2D eigenvalue weighted by Gasteiger charge is 2.08. The first-order valence-corrected chi connectivity index (χ1v) is 9.55. The molecule has 3 aromatic rings. The standard InChI is InChI=1S/C17H17N5O2S2/c1-22-11-19-21-17(22)26-13-6-4-12(5-7-13)20-15(23)8-9-18-16(24)14-3-2-10-25-14/h2-7,10-11H,8-9H2,1H3,(H,18,24)(H,20,23). The molecule has 2 aromatic heterocycles. The van der Waals surface area contributed by atoms with Crippen molar-refractivity contribution in [3.63, 3.8) is 0 Å². The number of hydrogen-bond donors (Lipinski definition) is 2. The van der Waals surface area contributed by atoms with Gasteiger partial charge in [0.05, 0.1) is 4.88 Å². The zero-order chi connectivity index (χ0) is 18.4. The Balaban J connectivity index is 1.44. The third kappa shape index (κ3) is 4.93. The lowest BCUT2D eigenvalue weighted by Crippen LogP contribution is -2.27. The van der Waals surface area contributed by atoms with Crippen molar-refractivity contribution in [2.75, 3.05) is 11.9 Å². The molecule has 2 heterocycles. The number of hydrogen-bond acceptors (Lipinski definition) is 6. The Hall–Kier alpha value is -2.65. The number of carbonyl (C=O) groups is 2. The van der Waals surface area contributed by atoms with Gasteiger partial charge in [0.2, 0.25) is 5.91 Å². The predicted octanol–water partition coefficient (Wildman–Crippen LogP) is 2.79. The molecule has 3 rings (SSSR count). The van der Waals surface area contributed by atoms with Crippen molar-refractivity contribution >= 4 is 40.6 Å². The Morgan fingerprint density at radius 2 is 2.04 bits per heavy atom. The molecular formula is C17H17N5O2S2. The van der Waals surface area contributed by atoms with Gasteiger partial charge in [0.25, 0.3) is 5.91 Å². The van der Waals surface area contributed by atoms with E-state index in [1.54, 1.807) is 12.4 Å². The molecule has 0 radical (unpaired) electrons. The Kier molecular flexibility index (Phi) is 6.03. The number of nitrogens with one attached hydrogen (secondary N) is 2. The molecule has 0 aliphatic rings. The van der Waals surface area contributed by atoms with Crippen molar-refractivity contribution in [2.45, 2.75) is 16.5 Å². The van der Waals surface area contributed by atoms with Gasteiger partial charge in [-0.25, -0.2) is 0 Å². The molecule has 0 atom stereocenters. The highest BCUT2D eigenvalue weighted by atomic mass is 32.2. The van der Waals surface area contributed by atoms with E-state index in [-0.39, 0.29) is 18.2 Å². The lowest BCUT2D eigenvalue weighted by atomic mass is 10.3. The van der Waals surface area contributed by atoms with Crippen LogP contribution in [0.5, 0.6) is 0 Å². The second-order valence-electron chi connectivity index (χ2n) is 5.38. The Morgan fingerprint density at radius 3 is 2.69 bits per heavy atom. The lowest BCUT2D eigenvalue weighted by molar-refractivity contribution is -0.116. The first-order chi connectivity index (χ1) is 12.6. The van der Waals surface area contributed by atoms with Crippen molar-refractivity contribution in [1.29, 1.82) is 0 Å². The van der Waals surface area contributed by atoms with E-state index in [1.807, 2.05) is 47.3 Å². The van der Waals surface area contributed by atoms with Crippen molar-refractivity contribution in [1.82, 2.24) is 20.1 Å². The molecule has 0 unspecified atom stereocenters. The molecule has 0 saturated heterocycles. The number of aryl methyl sites for hydroxylation is 1. The number of benzene rings is 1. The number of aromatic nitrogens is 3. The molecular weight excluding hydrogens is 370 g/mol. The summed E-state index contributed by atoms with van der Waals surface area (Å²) in [5, 5.41) is 16.0. The number of amides is 2. The summed E-state index contributed by atoms with van der Waals surface area (Å²) in [4.78, 5) is 25.4. The second-order valence-corrected chi connectivity index (χ2v) is 7.37. The molecule has 26 heavy (non-hydrogen) atoms. The zero-order valence-electron chi connectivity index (χ0n) is 14.0. The van der Waals surface area contributed by atoms with Gasteiger partial charge in [0, 0.05) is 30.6 Å². The van der Waals surface area contributed by atoms with E-state index < -0.39 is 0 Å². The van der Waals surface area contributed by atoms with Gasteiger partial charge >= 0.3 is 0 Å². The van der Waals surface area contributed by atoms with E-state index in [9.17, 15) is 9.59 Å². The minimum Gasteiger partial charge on any atom is -0.351 e. The third-order valence-electron chi connectivity index (χ3n) is 3.40. The summed E-state index contributed by atoms with van der Waals surface area (Å²) in [5.41, 5.74) is 0.710. The van der Waals surface area contributed by atoms with Crippen LogP contribution in [-0.4, -0.2) is 33.1 Å². The quantitative estimate of drug-likeness (QED) is 0.651. The van der Waals surface area contributed by atoms with E-state index in [0.29, 0.717) is 17.1 Å². The average molecular weight is 387 g/mol. The zero-order valence-corrected chi connectivity index (χ0v) is 15.6. The summed E-state index contributed by atoms with van der Waals surface area (Å²) >= 11 is 2.87. The van der Waals surface area contributed by atoms with Gasteiger partial charge in [-0.1, -0.05) is 6.07 Å². The van der Waals surface area contributed by atoms with Crippen LogP contribution in [0.2, 0.25) is 0 Å². The number of rotatable bonds is 7. The van der Waals surface area contributed by atoms with Crippen LogP contribution >= 0.6 is 23.1 Å². The van der Waals surface area contributed by atoms with Crippen LogP contribution < -0.4 is 10.6 Å². The predicted molar refractivity (Wildman–Crippen MR) is 101 cm³/mol. The van der Waals surface area contributed by atoms with Crippen LogP contribution in [0.3, 0.4) is 0 Å². The van der Waals surface area contributed by atoms with E-state index in [2.05, 4.69) is 20.8 Å². The van der Waals surface area contributed by atoms with Crippen LogP contribution in [0.4, 0.5) is 5.69 Å². The SMILES string of the molecule is Cn1cnnc1Sc1ccc(NC(=O)CCNC(=O)c2cccs2)cc1. The fourth-order valence-electron chi connectivity index (χ4n) is 2.08. The number of anilines is 1. The fraction of sp³-hybridized carbons (Fsp3) is 0.176. The maximum absolute atomic E-state index is 12.0. The Morgan fingerprint density at radius 1 is 1.23 bits per heavy atom. The van der Waals surface area contributed by atoms with Crippen LogP contribution in [0.15, 0.2) is 58.2 Å². The van der Waals surface area contributed by atoms with Crippen molar-refractivity contribution in [3.05, 3.63) is 53.0 Å². The van der Waals surface area contributed by atoms with Gasteiger partial charge in [-0.3, -0.25) is 9.59 Å².